The first kappa shape index (κ1) is 16.0. The lowest BCUT2D eigenvalue weighted by atomic mass is 10.0. The Morgan fingerprint density at radius 3 is 2.67 bits per heavy atom. The fourth-order valence-corrected chi connectivity index (χ4v) is 2.93. The third-order valence-corrected chi connectivity index (χ3v) is 4.36. The van der Waals surface area contributed by atoms with Crippen LogP contribution >= 0.6 is 0 Å². The second-order valence-corrected chi connectivity index (χ2v) is 6.12. The average Bonchev–Trinajstić information content (AvgIpc) is 2.47. The number of hydrogen-bond donors (Lipinski definition) is 1. The van der Waals surface area contributed by atoms with Crippen LogP contribution in [0.2, 0.25) is 0 Å². The van der Waals surface area contributed by atoms with Crippen LogP contribution in [0.1, 0.15) is 42.1 Å². The molecule has 4 nitrogen and oxygen atoms in total. The van der Waals surface area contributed by atoms with Crippen molar-refractivity contribution in [1.82, 2.24) is 9.80 Å². The number of benzene rings is 1. The minimum Gasteiger partial charge on any atom is -0.478 e. The molecule has 1 atom stereocenters. The molecule has 0 radical (unpaired) electrons. The van der Waals surface area contributed by atoms with Crippen molar-refractivity contribution in [2.24, 2.45) is 0 Å². The molecule has 116 valence electrons. The van der Waals surface area contributed by atoms with Gasteiger partial charge in [-0.05, 0) is 51.1 Å². The van der Waals surface area contributed by atoms with Crippen LogP contribution in [-0.2, 0) is 6.54 Å². The van der Waals surface area contributed by atoms with Gasteiger partial charge in [0.05, 0.1) is 5.56 Å². The minimum atomic E-state index is -0.867. The molecule has 0 spiro atoms. The van der Waals surface area contributed by atoms with Gasteiger partial charge >= 0.3 is 5.97 Å². The molecule has 1 heterocycles. The van der Waals surface area contributed by atoms with Gasteiger partial charge in [0.1, 0.15) is 0 Å². The number of likely N-dealkylation sites (N-methyl/N-ethyl adjacent to an activating group) is 1. The van der Waals surface area contributed by atoms with E-state index >= 15 is 0 Å². The van der Waals surface area contributed by atoms with Crippen LogP contribution in [0, 0.1) is 0 Å². The van der Waals surface area contributed by atoms with Crippen molar-refractivity contribution in [2.45, 2.75) is 38.8 Å². The van der Waals surface area contributed by atoms with Crippen molar-refractivity contribution in [1.29, 1.82) is 0 Å². The zero-order chi connectivity index (χ0) is 15.2. The number of piperidine rings is 1. The molecule has 0 aromatic heterocycles. The van der Waals surface area contributed by atoms with Crippen LogP contribution in [0.5, 0.6) is 0 Å². The maximum absolute atomic E-state index is 10.8. The Labute approximate surface area is 127 Å². The summed E-state index contributed by atoms with van der Waals surface area (Å²) in [4.78, 5) is 15.7. The van der Waals surface area contributed by atoms with E-state index in [2.05, 4.69) is 23.8 Å². The smallest absolute Gasteiger partial charge is 0.335 e. The summed E-state index contributed by atoms with van der Waals surface area (Å²) in [5.74, 6) is -0.867. The molecule has 1 aliphatic heterocycles. The summed E-state index contributed by atoms with van der Waals surface area (Å²) in [7, 11) is 2.12. The molecule has 0 unspecified atom stereocenters. The molecular weight excluding hydrogens is 264 g/mol. The molecule has 1 aromatic carbocycles. The van der Waals surface area contributed by atoms with Crippen LogP contribution in [0.3, 0.4) is 0 Å². The Morgan fingerprint density at radius 1 is 1.33 bits per heavy atom. The molecule has 0 bridgehead atoms. The van der Waals surface area contributed by atoms with E-state index in [1.807, 2.05) is 12.1 Å². The lowest BCUT2D eigenvalue weighted by Gasteiger charge is -2.34. The van der Waals surface area contributed by atoms with E-state index in [9.17, 15) is 4.79 Å². The molecule has 1 N–H and O–H groups in total. The second-order valence-electron chi connectivity index (χ2n) is 6.12. The molecule has 1 saturated heterocycles. The molecule has 0 aliphatic carbocycles. The molecule has 1 fully saturated rings. The van der Waals surface area contributed by atoms with E-state index in [-0.39, 0.29) is 0 Å². The number of hydrogen-bond acceptors (Lipinski definition) is 3. The molecule has 1 aliphatic rings. The van der Waals surface area contributed by atoms with E-state index < -0.39 is 5.97 Å². The van der Waals surface area contributed by atoms with Crippen LogP contribution in [0.15, 0.2) is 24.3 Å². The summed E-state index contributed by atoms with van der Waals surface area (Å²) in [5, 5.41) is 8.89. The van der Waals surface area contributed by atoms with Crippen molar-refractivity contribution in [3.8, 4) is 0 Å². The maximum Gasteiger partial charge on any atom is 0.335 e. The van der Waals surface area contributed by atoms with Crippen molar-refractivity contribution >= 4 is 5.97 Å². The Bertz CT molecular complexity index is 458. The van der Waals surface area contributed by atoms with Gasteiger partial charge in [0.2, 0.25) is 0 Å². The largest absolute Gasteiger partial charge is 0.478 e. The van der Waals surface area contributed by atoms with Gasteiger partial charge in [-0.25, -0.2) is 4.79 Å². The fraction of sp³-hybridized carbons (Fsp3) is 0.588. The van der Waals surface area contributed by atoms with Gasteiger partial charge in [0.15, 0.2) is 0 Å². The van der Waals surface area contributed by atoms with Gasteiger partial charge in [0.25, 0.3) is 0 Å². The van der Waals surface area contributed by atoms with Crippen LogP contribution in [0.4, 0.5) is 0 Å². The highest BCUT2D eigenvalue weighted by Crippen LogP contribution is 2.16. The quantitative estimate of drug-likeness (QED) is 0.875. The molecule has 21 heavy (non-hydrogen) atoms. The number of nitrogens with zero attached hydrogens (tertiary/aromatic N) is 2. The number of likely N-dealkylation sites (tertiary alicyclic amines) is 1. The zero-order valence-corrected chi connectivity index (χ0v) is 13.1. The number of carboxylic acid groups (broad SMARTS) is 1. The third kappa shape index (κ3) is 4.83. The Morgan fingerprint density at radius 2 is 2.05 bits per heavy atom. The highest BCUT2D eigenvalue weighted by atomic mass is 16.4. The van der Waals surface area contributed by atoms with Gasteiger partial charge in [-0.3, -0.25) is 4.90 Å². The second kappa shape index (κ2) is 7.57. The molecule has 1 aromatic rings. The van der Waals surface area contributed by atoms with Gasteiger partial charge in [-0.15, -0.1) is 0 Å². The standard InChI is InChI=1S/C17H26N2O2/c1-14-5-3-4-10-19(14)12-11-18(2)13-15-6-8-16(9-7-15)17(20)21/h6-9,14H,3-5,10-13H2,1-2H3,(H,20,21)/t14-/m0/s1. The monoisotopic (exact) mass is 290 g/mol. The summed E-state index contributed by atoms with van der Waals surface area (Å²) in [6, 6.07) is 7.88. The van der Waals surface area contributed by atoms with Crippen LogP contribution in [-0.4, -0.2) is 53.6 Å². The van der Waals surface area contributed by atoms with Crippen molar-refractivity contribution in [3.05, 3.63) is 35.4 Å². The lowest BCUT2D eigenvalue weighted by molar-refractivity contribution is 0.0697. The molecule has 4 heteroatoms. The number of aromatic carboxylic acids is 1. The molecule has 0 amide bonds. The highest BCUT2D eigenvalue weighted by molar-refractivity contribution is 5.87. The van der Waals surface area contributed by atoms with Crippen molar-refractivity contribution in [3.63, 3.8) is 0 Å². The summed E-state index contributed by atoms with van der Waals surface area (Å²) < 4.78 is 0. The summed E-state index contributed by atoms with van der Waals surface area (Å²) >= 11 is 0. The first-order valence-corrected chi connectivity index (χ1v) is 7.81. The summed E-state index contributed by atoms with van der Waals surface area (Å²) in [5.41, 5.74) is 1.51. The zero-order valence-electron chi connectivity index (χ0n) is 13.1. The summed E-state index contributed by atoms with van der Waals surface area (Å²) in [6.45, 7) is 6.57. The van der Waals surface area contributed by atoms with Gasteiger partial charge in [-0.2, -0.15) is 0 Å². The van der Waals surface area contributed by atoms with E-state index in [1.165, 1.54) is 25.8 Å². The maximum atomic E-state index is 10.8. The topological polar surface area (TPSA) is 43.8 Å². The third-order valence-electron chi connectivity index (χ3n) is 4.36. The Balaban J connectivity index is 1.78. The first-order chi connectivity index (χ1) is 10.1. The SMILES string of the molecule is C[C@H]1CCCCN1CCN(C)Cc1ccc(C(=O)O)cc1. The van der Waals surface area contributed by atoms with Crippen LogP contribution in [0.25, 0.3) is 0 Å². The first-order valence-electron chi connectivity index (χ1n) is 7.81. The van der Waals surface area contributed by atoms with Crippen LogP contribution < -0.4 is 0 Å². The van der Waals surface area contributed by atoms with Crippen molar-refractivity contribution in [2.75, 3.05) is 26.7 Å². The van der Waals surface area contributed by atoms with E-state index in [1.54, 1.807) is 12.1 Å². The molecular formula is C17H26N2O2. The minimum absolute atomic E-state index is 0.351. The van der Waals surface area contributed by atoms with E-state index in [0.29, 0.717) is 11.6 Å². The predicted molar refractivity (Wildman–Crippen MR) is 84.6 cm³/mol. The molecule has 2 rings (SSSR count). The highest BCUT2D eigenvalue weighted by Gasteiger charge is 2.17. The fourth-order valence-electron chi connectivity index (χ4n) is 2.93. The predicted octanol–water partition coefficient (Wildman–Crippen LogP) is 2.69. The van der Waals surface area contributed by atoms with Gasteiger partial charge in [-0.1, -0.05) is 18.6 Å². The lowest BCUT2D eigenvalue weighted by Crippen LogP contribution is -2.41. The molecule has 0 saturated carbocycles. The number of rotatable bonds is 6. The normalized spacial score (nSPS) is 19.9. The summed E-state index contributed by atoms with van der Waals surface area (Å²) in [6.07, 6.45) is 4.01. The van der Waals surface area contributed by atoms with E-state index in [4.69, 9.17) is 5.11 Å². The van der Waals surface area contributed by atoms with Gasteiger partial charge < -0.3 is 10.0 Å². The average molecular weight is 290 g/mol. The van der Waals surface area contributed by atoms with Gasteiger partial charge in [0, 0.05) is 25.7 Å². The van der Waals surface area contributed by atoms with E-state index in [0.717, 1.165) is 25.2 Å². The Kier molecular flexibility index (Phi) is 5.76. The van der Waals surface area contributed by atoms with Crippen molar-refractivity contribution < 1.29 is 9.90 Å². The number of carbonyl (C=O) groups is 1. The Hall–Kier alpha value is -1.39. The number of carboxylic acids is 1.